The highest BCUT2D eigenvalue weighted by Crippen LogP contribution is 2.45. The zero-order valence-corrected chi connectivity index (χ0v) is 12.3. The van der Waals surface area contributed by atoms with Gasteiger partial charge in [-0.2, -0.15) is 5.26 Å². The normalized spacial score (nSPS) is 15.5. The highest BCUT2D eigenvalue weighted by atomic mass is 35.5. The topological polar surface area (TPSA) is 61.2 Å². The van der Waals surface area contributed by atoms with Gasteiger partial charge in [-0.25, -0.2) is 0 Å². The van der Waals surface area contributed by atoms with Crippen molar-refractivity contribution in [3.63, 3.8) is 0 Å². The molecule has 0 radical (unpaired) electrons. The van der Waals surface area contributed by atoms with Crippen LogP contribution in [0.25, 0.3) is 0 Å². The zero-order valence-electron chi connectivity index (χ0n) is 9.30. The Balaban J connectivity index is 2.78. The SMILES string of the molecule is CC(C#N)N1C(=O)c2c(Cl)c(Cl)c(Cl)c(Cl)c2C1=O. The molecule has 0 saturated heterocycles. The summed E-state index contributed by atoms with van der Waals surface area (Å²) in [7, 11) is 0. The van der Waals surface area contributed by atoms with Gasteiger partial charge in [0.05, 0.1) is 37.3 Å². The summed E-state index contributed by atoms with van der Waals surface area (Å²) in [6.45, 7) is 1.41. The molecule has 1 heterocycles. The fraction of sp³-hybridized carbons (Fsp3) is 0.182. The number of carbonyl (C=O) groups excluding carboxylic acids is 2. The van der Waals surface area contributed by atoms with Crippen molar-refractivity contribution in [2.45, 2.75) is 13.0 Å². The summed E-state index contributed by atoms with van der Waals surface area (Å²) < 4.78 is 0. The Bertz CT molecular complexity index is 619. The summed E-state index contributed by atoms with van der Waals surface area (Å²) in [5.74, 6) is -1.42. The van der Waals surface area contributed by atoms with Crippen LogP contribution in [0.1, 0.15) is 27.6 Å². The highest BCUT2D eigenvalue weighted by molar-refractivity contribution is 6.55. The molecule has 1 atom stereocenters. The van der Waals surface area contributed by atoms with Crippen LogP contribution in [0.4, 0.5) is 0 Å². The van der Waals surface area contributed by atoms with Gasteiger partial charge in [-0.05, 0) is 6.92 Å². The molecule has 0 fully saturated rings. The number of imide groups is 1. The van der Waals surface area contributed by atoms with Crippen molar-refractivity contribution in [3.8, 4) is 6.07 Å². The van der Waals surface area contributed by atoms with Crippen molar-refractivity contribution >= 4 is 58.2 Å². The Hall–Kier alpha value is -0.990. The lowest BCUT2D eigenvalue weighted by Crippen LogP contribution is -2.37. The predicted molar refractivity (Wildman–Crippen MR) is 72.1 cm³/mol. The van der Waals surface area contributed by atoms with E-state index >= 15 is 0 Å². The number of nitriles is 1. The molecular weight excluding hydrogens is 334 g/mol. The predicted octanol–water partition coefficient (Wildman–Crippen LogP) is 3.81. The minimum absolute atomic E-state index is 0.0975. The van der Waals surface area contributed by atoms with E-state index in [0.29, 0.717) is 0 Å². The van der Waals surface area contributed by atoms with E-state index in [2.05, 4.69) is 0 Å². The van der Waals surface area contributed by atoms with E-state index < -0.39 is 17.9 Å². The van der Waals surface area contributed by atoms with Crippen molar-refractivity contribution in [2.75, 3.05) is 0 Å². The van der Waals surface area contributed by atoms with Gasteiger partial charge in [0, 0.05) is 0 Å². The van der Waals surface area contributed by atoms with Gasteiger partial charge in [0.1, 0.15) is 6.04 Å². The first-order valence-corrected chi connectivity index (χ1v) is 6.47. The van der Waals surface area contributed by atoms with Gasteiger partial charge in [0.2, 0.25) is 0 Å². The number of hydrogen-bond acceptors (Lipinski definition) is 3. The largest absolute Gasteiger partial charge is 0.268 e. The second kappa shape index (κ2) is 4.84. The Labute approximate surface area is 128 Å². The van der Waals surface area contributed by atoms with Crippen LogP contribution in [0.15, 0.2) is 0 Å². The number of halogens is 4. The molecule has 8 heteroatoms. The van der Waals surface area contributed by atoms with E-state index in [1.54, 1.807) is 6.07 Å². The second-order valence-corrected chi connectivity index (χ2v) is 5.30. The standard InChI is InChI=1S/C11H4Cl4N2O2/c1-3(2-16)17-10(18)4-5(11(17)19)7(13)9(15)8(14)6(4)12/h3H,1H3. The maximum absolute atomic E-state index is 12.2. The van der Waals surface area contributed by atoms with E-state index in [1.807, 2.05) is 0 Å². The molecule has 4 nitrogen and oxygen atoms in total. The maximum Gasteiger partial charge on any atom is 0.264 e. The van der Waals surface area contributed by atoms with Gasteiger partial charge in [0.15, 0.2) is 0 Å². The molecule has 1 aliphatic heterocycles. The van der Waals surface area contributed by atoms with E-state index in [9.17, 15) is 9.59 Å². The molecule has 1 aromatic rings. The van der Waals surface area contributed by atoms with Crippen LogP contribution in [0.5, 0.6) is 0 Å². The average Bonchev–Trinajstić information content (AvgIpc) is 2.64. The number of nitrogens with zero attached hydrogens (tertiary/aromatic N) is 2. The lowest BCUT2D eigenvalue weighted by Gasteiger charge is -2.15. The Morgan fingerprint density at radius 3 is 1.63 bits per heavy atom. The molecule has 2 amide bonds. The molecule has 1 aromatic carbocycles. The number of rotatable bonds is 1. The summed E-state index contributed by atoms with van der Waals surface area (Å²) in [5.41, 5.74) is -0.235. The quantitative estimate of drug-likeness (QED) is 0.444. The Morgan fingerprint density at radius 1 is 0.947 bits per heavy atom. The monoisotopic (exact) mass is 336 g/mol. The minimum Gasteiger partial charge on any atom is -0.268 e. The molecule has 0 aromatic heterocycles. The van der Waals surface area contributed by atoms with Crippen LogP contribution < -0.4 is 0 Å². The summed E-state index contributed by atoms with van der Waals surface area (Å²) in [6.07, 6.45) is 0. The van der Waals surface area contributed by atoms with Crippen LogP contribution in [-0.2, 0) is 0 Å². The first-order valence-electron chi connectivity index (χ1n) is 4.96. The summed E-state index contributed by atoms with van der Waals surface area (Å²) in [4.78, 5) is 25.1. The van der Waals surface area contributed by atoms with Crippen molar-refractivity contribution < 1.29 is 9.59 Å². The van der Waals surface area contributed by atoms with Gasteiger partial charge in [-0.3, -0.25) is 14.5 Å². The molecule has 0 aliphatic carbocycles. The van der Waals surface area contributed by atoms with Crippen molar-refractivity contribution in [1.29, 1.82) is 5.26 Å². The van der Waals surface area contributed by atoms with Crippen molar-refractivity contribution in [2.24, 2.45) is 0 Å². The third kappa shape index (κ3) is 1.89. The minimum atomic E-state index is -0.947. The second-order valence-electron chi connectivity index (χ2n) is 3.79. The van der Waals surface area contributed by atoms with Gasteiger partial charge < -0.3 is 0 Å². The molecule has 19 heavy (non-hydrogen) atoms. The van der Waals surface area contributed by atoms with E-state index in [-0.39, 0.29) is 31.2 Å². The van der Waals surface area contributed by atoms with Gasteiger partial charge in [-0.15, -0.1) is 0 Å². The molecule has 0 bridgehead atoms. The highest BCUT2D eigenvalue weighted by Gasteiger charge is 2.43. The molecule has 0 saturated carbocycles. The molecular formula is C11H4Cl4N2O2. The first kappa shape index (κ1) is 14.4. The van der Waals surface area contributed by atoms with Crippen LogP contribution in [0, 0.1) is 11.3 Å². The fourth-order valence-corrected chi connectivity index (χ4v) is 2.79. The summed E-state index contributed by atoms with van der Waals surface area (Å²) in [5, 5.41) is 8.37. The number of fused-ring (bicyclic) bond motifs is 1. The molecule has 1 unspecified atom stereocenters. The number of carbonyl (C=O) groups is 2. The van der Waals surface area contributed by atoms with Gasteiger partial charge in [0.25, 0.3) is 11.8 Å². The smallest absolute Gasteiger partial charge is 0.264 e. The summed E-state index contributed by atoms with van der Waals surface area (Å²) >= 11 is 23.6. The van der Waals surface area contributed by atoms with E-state index in [1.165, 1.54) is 6.92 Å². The number of benzene rings is 1. The third-order valence-electron chi connectivity index (χ3n) is 2.71. The van der Waals surface area contributed by atoms with Gasteiger partial charge >= 0.3 is 0 Å². The number of hydrogen-bond donors (Lipinski definition) is 0. The molecule has 0 spiro atoms. The van der Waals surface area contributed by atoms with Gasteiger partial charge in [-0.1, -0.05) is 46.4 Å². The zero-order chi connectivity index (χ0) is 14.5. The lowest BCUT2D eigenvalue weighted by atomic mass is 10.1. The lowest BCUT2D eigenvalue weighted by molar-refractivity contribution is 0.0629. The fourth-order valence-electron chi connectivity index (χ4n) is 1.78. The summed E-state index contributed by atoms with van der Waals surface area (Å²) in [6, 6.07) is 0.856. The number of amides is 2. The van der Waals surface area contributed by atoms with E-state index in [0.717, 1.165) is 4.90 Å². The molecule has 1 aliphatic rings. The molecule has 98 valence electrons. The van der Waals surface area contributed by atoms with Crippen molar-refractivity contribution in [3.05, 3.63) is 31.2 Å². The van der Waals surface area contributed by atoms with Crippen LogP contribution in [-0.4, -0.2) is 22.8 Å². The third-order valence-corrected chi connectivity index (χ3v) is 4.51. The van der Waals surface area contributed by atoms with Crippen molar-refractivity contribution in [1.82, 2.24) is 4.90 Å². The van der Waals surface area contributed by atoms with Crippen LogP contribution >= 0.6 is 46.4 Å². The molecule has 2 rings (SSSR count). The Morgan fingerprint density at radius 2 is 1.32 bits per heavy atom. The maximum atomic E-state index is 12.2. The average molecular weight is 338 g/mol. The Kier molecular flexibility index (Phi) is 3.67. The van der Waals surface area contributed by atoms with Crippen LogP contribution in [0.3, 0.4) is 0 Å². The van der Waals surface area contributed by atoms with Crippen LogP contribution in [0.2, 0.25) is 20.1 Å². The first-order chi connectivity index (χ1) is 8.82. The molecule has 0 N–H and O–H groups in total. The van der Waals surface area contributed by atoms with E-state index in [4.69, 9.17) is 51.7 Å².